The topological polar surface area (TPSA) is 78.0 Å². The second kappa shape index (κ2) is 4.27. The summed E-state index contributed by atoms with van der Waals surface area (Å²) in [5, 5.41) is 11.3. The molecule has 1 aliphatic rings. The molecule has 1 fully saturated rings. The molecule has 2 aromatic heterocycles. The molecule has 7 nitrogen and oxygen atoms in total. The van der Waals surface area contributed by atoms with Gasteiger partial charge in [0, 0.05) is 19.8 Å². The monoisotopic (exact) mass is 235 g/mol. The Morgan fingerprint density at radius 2 is 2.47 bits per heavy atom. The molecule has 1 atom stereocenters. The van der Waals surface area contributed by atoms with Gasteiger partial charge in [0.05, 0.1) is 31.0 Å². The lowest BCUT2D eigenvalue weighted by molar-refractivity contribution is 0.0734. The molecular formula is C10H13N5O2. The van der Waals surface area contributed by atoms with Gasteiger partial charge in [0.15, 0.2) is 5.82 Å². The molecule has 90 valence electrons. The number of morpholine rings is 1. The van der Waals surface area contributed by atoms with Gasteiger partial charge in [0.25, 0.3) is 5.89 Å². The van der Waals surface area contributed by atoms with Gasteiger partial charge in [-0.3, -0.25) is 4.68 Å². The normalized spacial score (nSPS) is 20.6. The van der Waals surface area contributed by atoms with Crippen LogP contribution in [0.15, 0.2) is 16.9 Å². The highest BCUT2D eigenvalue weighted by Gasteiger charge is 2.21. The Labute approximate surface area is 97.8 Å². The highest BCUT2D eigenvalue weighted by molar-refractivity contribution is 5.49. The third kappa shape index (κ3) is 2.06. The first kappa shape index (κ1) is 10.4. The summed E-state index contributed by atoms with van der Waals surface area (Å²) in [5.74, 6) is 1.11. The van der Waals surface area contributed by atoms with Gasteiger partial charge in [-0.2, -0.15) is 10.1 Å². The Kier molecular flexibility index (Phi) is 2.62. The van der Waals surface area contributed by atoms with Crippen molar-refractivity contribution in [1.29, 1.82) is 0 Å². The second-order valence-electron chi connectivity index (χ2n) is 3.94. The van der Waals surface area contributed by atoms with E-state index in [-0.39, 0.29) is 6.04 Å². The Morgan fingerprint density at radius 1 is 1.53 bits per heavy atom. The minimum atomic E-state index is 0.0120. The van der Waals surface area contributed by atoms with Gasteiger partial charge in [0.2, 0.25) is 0 Å². The van der Waals surface area contributed by atoms with E-state index in [4.69, 9.17) is 9.26 Å². The van der Waals surface area contributed by atoms with Crippen LogP contribution in [0.3, 0.4) is 0 Å². The molecule has 0 unspecified atom stereocenters. The van der Waals surface area contributed by atoms with Gasteiger partial charge in [-0.15, -0.1) is 0 Å². The lowest BCUT2D eigenvalue weighted by atomic mass is 10.2. The summed E-state index contributed by atoms with van der Waals surface area (Å²) in [6.45, 7) is 2.11. The number of rotatable bonds is 2. The standard InChI is InChI=1S/C10H13N5O2/c1-15-5-7(4-12-15)10-13-9(14-17-10)8-6-16-3-2-11-8/h4-5,8,11H,2-3,6H2,1H3/t8-/m1/s1. The number of nitrogens with zero attached hydrogens (tertiary/aromatic N) is 4. The summed E-state index contributed by atoms with van der Waals surface area (Å²) >= 11 is 0. The molecule has 3 heterocycles. The van der Waals surface area contributed by atoms with Gasteiger partial charge in [-0.25, -0.2) is 0 Å². The third-order valence-corrected chi connectivity index (χ3v) is 2.63. The molecule has 1 aliphatic heterocycles. The Balaban J connectivity index is 1.82. The molecule has 2 aromatic rings. The maximum absolute atomic E-state index is 5.35. The molecule has 7 heteroatoms. The first-order valence-electron chi connectivity index (χ1n) is 5.46. The zero-order chi connectivity index (χ0) is 11.7. The average Bonchev–Trinajstić information content (AvgIpc) is 2.98. The molecule has 0 aliphatic carbocycles. The molecule has 0 aromatic carbocycles. The van der Waals surface area contributed by atoms with E-state index in [1.54, 1.807) is 10.9 Å². The number of aryl methyl sites for hydroxylation is 1. The predicted molar refractivity (Wildman–Crippen MR) is 58.1 cm³/mol. The lowest BCUT2D eigenvalue weighted by Crippen LogP contribution is -2.35. The van der Waals surface area contributed by atoms with Crippen LogP contribution in [0.4, 0.5) is 0 Å². The lowest BCUT2D eigenvalue weighted by Gasteiger charge is -2.20. The van der Waals surface area contributed by atoms with E-state index in [1.807, 2.05) is 13.2 Å². The molecule has 3 rings (SSSR count). The Morgan fingerprint density at radius 3 is 3.18 bits per heavy atom. The van der Waals surface area contributed by atoms with Crippen LogP contribution in [0.25, 0.3) is 11.5 Å². The zero-order valence-corrected chi connectivity index (χ0v) is 9.46. The van der Waals surface area contributed by atoms with E-state index in [0.29, 0.717) is 18.3 Å². The maximum Gasteiger partial charge on any atom is 0.261 e. The van der Waals surface area contributed by atoms with Gasteiger partial charge in [-0.1, -0.05) is 5.16 Å². The van der Waals surface area contributed by atoms with Crippen LogP contribution in [0.2, 0.25) is 0 Å². The molecule has 0 bridgehead atoms. The minimum Gasteiger partial charge on any atom is -0.378 e. The van der Waals surface area contributed by atoms with Crippen molar-refractivity contribution < 1.29 is 9.26 Å². The number of aromatic nitrogens is 4. The summed E-state index contributed by atoms with van der Waals surface area (Å²) in [5.41, 5.74) is 0.822. The number of hydrogen-bond donors (Lipinski definition) is 1. The van der Waals surface area contributed by atoms with Crippen molar-refractivity contribution in [1.82, 2.24) is 25.2 Å². The first-order chi connectivity index (χ1) is 8.33. The van der Waals surface area contributed by atoms with E-state index < -0.39 is 0 Å². The molecule has 1 saturated heterocycles. The Bertz CT molecular complexity index is 500. The fourth-order valence-corrected chi connectivity index (χ4v) is 1.76. The second-order valence-corrected chi connectivity index (χ2v) is 3.94. The predicted octanol–water partition coefficient (Wildman–Crippen LogP) is 0.131. The number of hydrogen-bond acceptors (Lipinski definition) is 6. The van der Waals surface area contributed by atoms with E-state index >= 15 is 0 Å². The van der Waals surface area contributed by atoms with Gasteiger partial charge >= 0.3 is 0 Å². The highest BCUT2D eigenvalue weighted by atomic mass is 16.5. The molecule has 0 amide bonds. The number of ether oxygens (including phenoxy) is 1. The molecular weight excluding hydrogens is 222 g/mol. The van der Waals surface area contributed by atoms with E-state index in [0.717, 1.165) is 18.7 Å². The zero-order valence-electron chi connectivity index (χ0n) is 9.46. The average molecular weight is 235 g/mol. The van der Waals surface area contributed by atoms with E-state index in [1.165, 1.54) is 0 Å². The summed E-state index contributed by atoms with van der Waals surface area (Å²) in [6.07, 6.45) is 3.53. The summed E-state index contributed by atoms with van der Waals surface area (Å²) in [7, 11) is 1.84. The molecule has 17 heavy (non-hydrogen) atoms. The quantitative estimate of drug-likeness (QED) is 0.797. The molecule has 0 saturated carbocycles. The molecule has 1 N–H and O–H groups in total. The van der Waals surface area contributed by atoms with Crippen LogP contribution in [0.5, 0.6) is 0 Å². The van der Waals surface area contributed by atoms with Gasteiger partial charge in [0.1, 0.15) is 0 Å². The van der Waals surface area contributed by atoms with Crippen molar-refractivity contribution in [2.24, 2.45) is 7.05 Å². The van der Waals surface area contributed by atoms with Crippen LogP contribution >= 0.6 is 0 Å². The van der Waals surface area contributed by atoms with Crippen molar-refractivity contribution in [3.63, 3.8) is 0 Å². The maximum atomic E-state index is 5.35. The van der Waals surface area contributed by atoms with Crippen molar-refractivity contribution in [2.75, 3.05) is 19.8 Å². The fourth-order valence-electron chi connectivity index (χ4n) is 1.76. The van der Waals surface area contributed by atoms with Gasteiger partial charge < -0.3 is 14.6 Å². The third-order valence-electron chi connectivity index (χ3n) is 2.63. The van der Waals surface area contributed by atoms with E-state index in [9.17, 15) is 0 Å². The van der Waals surface area contributed by atoms with Crippen LogP contribution in [0, 0.1) is 0 Å². The van der Waals surface area contributed by atoms with Crippen molar-refractivity contribution in [3.8, 4) is 11.5 Å². The summed E-state index contributed by atoms with van der Waals surface area (Å²) < 4.78 is 12.3. The van der Waals surface area contributed by atoms with Gasteiger partial charge in [-0.05, 0) is 0 Å². The molecule has 0 radical (unpaired) electrons. The number of nitrogens with one attached hydrogen (secondary N) is 1. The van der Waals surface area contributed by atoms with Crippen molar-refractivity contribution >= 4 is 0 Å². The fraction of sp³-hybridized carbons (Fsp3) is 0.500. The highest BCUT2D eigenvalue weighted by Crippen LogP contribution is 2.19. The van der Waals surface area contributed by atoms with E-state index in [2.05, 4.69) is 20.6 Å². The van der Waals surface area contributed by atoms with Crippen LogP contribution in [-0.2, 0) is 11.8 Å². The smallest absolute Gasteiger partial charge is 0.261 e. The van der Waals surface area contributed by atoms with Crippen LogP contribution in [-0.4, -0.2) is 39.7 Å². The summed E-state index contributed by atoms with van der Waals surface area (Å²) in [6, 6.07) is 0.0120. The van der Waals surface area contributed by atoms with Crippen molar-refractivity contribution in [2.45, 2.75) is 6.04 Å². The summed E-state index contributed by atoms with van der Waals surface area (Å²) in [4.78, 5) is 4.34. The minimum absolute atomic E-state index is 0.0120. The first-order valence-corrected chi connectivity index (χ1v) is 5.46. The molecule has 0 spiro atoms. The van der Waals surface area contributed by atoms with Crippen molar-refractivity contribution in [3.05, 3.63) is 18.2 Å². The largest absolute Gasteiger partial charge is 0.378 e. The SMILES string of the molecule is Cn1cc(-c2nc([C@H]3COCCN3)no2)cn1. The van der Waals surface area contributed by atoms with Crippen LogP contribution in [0.1, 0.15) is 11.9 Å². The van der Waals surface area contributed by atoms with Crippen LogP contribution < -0.4 is 5.32 Å². The Hall–Kier alpha value is -1.73.